The van der Waals surface area contributed by atoms with Crippen molar-refractivity contribution in [3.63, 3.8) is 0 Å². The maximum Gasteiger partial charge on any atom is 0.235 e. The van der Waals surface area contributed by atoms with Crippen LogP contribution in [0.2, 0.25) is 0 Å². The van der Waals surface area contributed by atoms with Crippen LogP contribution in [-0.4, -0.2) is 19.4 Å². The third kappa shape index (κ3) is 3.32. The monoisotopic (exact) mass is 286 g/mol. The number of nitrogens with two attached hydrogens (primary N) is 1. The molecule has 4 nitrogen and oxygen atoms in total. The Morgan fingerprint density at radius 2 is 2.17 bits per heavy atom. The summed E-state index contributed by atoms with van der Waals surface area (Å²) in [5, 5.41) is -0.233. The van der Waals surface area contributed by atoms with Gasteiger partial charge in [-0.1, -0.05) is 6.92 Å². The number of nitrogen functional groups attached to an aromatic ring is 1. The van der Waals surface area contributed by atoms with E-state index < -0.39 is 10.0 Å². The van der Waals surface area contributed by atoms with Crippen LogP contribution in [0, 0.1) is 0 Å². The summed E-state index contributed by atoms with van der Waals surface area (Å²) in [5.41, 5.74) is 6.78. The molecule has 1 aromatic carbocycles. The molecular formula is C12H18N2O2S2. The van der Waals surface area contributed by atoms with E-state index in [0.29, 0.717) is 11.4 Å². The molecular weight excluding hydrogens is 268 g/mol. The summed E-state index contributed by atoms with van der Waals surface area (Å²) < 4.78 is 26.3. The van der Waals surface area contributed by atoms with Crippen LogP contribution in [-0.2, 0) is 10.0 Å². The first-order valence-corrected chi connectivity index (χ1v) is 8.60. The Morgan fingerprint density at radius 3 is 2.78 bits per heavy atom. The number of hydrogen-bond acceptors (Lipinski definition) is 4. The summed E-state index contributed by atoms with van der Waals surface area (Å²) in [5.74, 6) is 1.01. The zero-order valence-electron chi connectivity index (χ0n) is 10.3. The van der Waals surface area contributed by atoms with Crippen molar-refractivity contribution in [2.75, 3.05) is 16.2 Å². The van der Waals surface area contributed by atoms with Gasteiger partial charge in [0.1, 0.15) is 0 Å². The summed E-state index contributed by atoms with van der Waals surface area (Å²) in [7, 11) is -3.24. The van der Waals surface area contributed by atoms with Crippen LogP contribution in [0.3, 0.4) is 0 Å². The minimum absolute atomic E-state index is 0.233. The molecule has 0 aliphatic heterocycles. The Bertz CT molecular complexity index is 525. The third-order valence-electron chi connectivity index (χ3n) is 2.71. The van der Waals surface area contributed by atoms with Gasteiger partial charge < -0.3 is 5.73 Å². The standard InChI is InChI=1S/C12H18N2O2S2/c1-2-7-17-9-3-6-11(13)12(8-9)14-18(15,16)10-4-5-10/h3,6,8,10,14H,2,4-5,7,13H2,1H3. The molecule has 1 aliphatic carbocycles. The Kier molecular flexibility index (Phi) is 4.07. The van der Waals surface area contributed by atoms with E-state index in [1.165, 1.54) is 0 Å². The highest BCUT2D eigenvalue weighted by atomic mass is 32.2. The zero-order chi connectivity index (χ0) is 13.2. The predicted octanol–water partition coefficient (Wildman–Crippen LogP) is 2.68. The van der Waals surface area contributed by atoms with Gasteiger partial charge in [0.25, 0.3) is 0 Å². The molecule has 6 heteroatoms. The fourth-order valence-corrected chi connectivity index (χ4v) is 3.76. The summed E-state index contributed by atoms with van der Waals surface area (Å²) in [4.78, 5) is 1.04. The molecule has 3 N–H and O–H groups in total. The molecule has 1 saturated carbocycles. The van der Waals surface area contributed by atoms with Crippen molar-refractivity contribution < 1.29 is 8.42 Å². The van der Waals surface area contributed by atoms with E-state index in [0.717, 1.165) is 29.9 Å². The van der Waals surface area contributed by atoms with Crippen molar-refractivity contribution in [2.45, 2.75) is 36.3 Å². The van der Waals surface area contributed by atoms with Gasteiger partial charge >= 0.3 is 0 Å². The first kappa shape index (κ1) is 13.5. The smallest absolute Gasteiger partial charge is 0.235 e. The highest BCUT2D eigenvalue weighted by Gasteiger charge is 2.35. The van der Waals surface area contributed by atoms with Crippen molar-refractivity contribution in [3.05, 3.63) is 18.2 Å². The number of rotatable bonds is 6. The predicted molar refractivity (Wildman–Crippen MR) is 77.4 cm³/mol. The Morgan fingerprint density at radius 1 is 1.44 bits per heavy atom. The van der Waals surface area contributed by atoms with Crippen molar-refractivity contribution >= 4 is 33.2 Å². The van der Waals surface area contributed by atoms with E-state index in [4.69, 9.17) is 5.73 Å². The molecule has 100 valence electrons. The number of benzene rings is 1. The Hall–Kier alpha value is -0.880. The number of nitrogens with one attached hydrogen (secondary N) is 1. The maximum absolute atomic E-state index is 11.9. The second kappa shape index (κ2) is 5.40. The lowest BCUT2D eigenvalue weighted by Gasteiger charge is -2.11. The SMILES string of the molecule is CCCSc1ccc(N)c(NS(=O)(=O)C2CC2)c1. The zero-order valence-corrected chi connectivity index (χ0v) is 12.0. The lowest BCUT2D eigenvalue weighted by Crippen LogP contribution is -2.18. The van der Waals surface area contributed by atoms with E-state index in [9.17, 15) is 8.42 Å². The molecule has 1 fully saturated rings. The largest absolute Gasteiger partial charge is 0.397 e. The Balaban J connectivity index is 2.15. The molecule has 0 amide bonds. The van der Waals surface area contributed by atoms with Gasteiger partial charge in [-0.05, 0) is 43.2 Å². The summed E-state index contributed by atoms with van der Waals surface area (Å²) in [6.45, 7) is 2.11. The average molecular weight is 286 g/mol. The van der Waals surface area contributed by atoms with E-state index >= 15 is 0 Å². The molecule has 0 bridgehead atoms. The fourth-order valence-electron chi connectivity index (χ4n) is 1.55. The van der Waals surface area contributed by atoms with E-state index in [-0.39, 0.29) is 5.25 Å². The van der Waals surface area contributed by atoms with E-state index in [1.54, 1.807) is 17.8 Å². The number of thioether (sulfide) groups is 1. The lowest BCUT2D eigenvalue weighted by atomic mass is 10.3. The van der Waals surface area contributed by atoms with Gasteiger partial charge in [0, 0.05) is 4.90 Å². The van der Waals surface area contributed by atoms with Gasteiger partial charge in [0.2, 0.25) is 10.0 Å². The molecule has 18 heavy (non-hydrogen) atoms. The first-order valence-electron chi connectivity index (χ1n) is 6.07. The van der Waals surface area contributed by atoms with Crippen LogP contribution in [0.15, 0.2) is 23.1 Å². The van der Waals surface area contributed by atoms with Gasteiger partial charge in [-0.2, -0.15) is 0 Å². The fraction of sp³-hybridized carbons (Fsp3) is 0.500. The topological polar surface area (TPSA) is 72.2 Å². The number of sulfonamides is 1. The minimum Gasteiger partial charge on any atom is -0.397 e. The second-order valence-corrected chi connectivity index (χ2v) is 7.57. The molecule has 0 atom stereocenters. The molecule has 0 aromatic heterocycles. The molecule has 0 saturated heterocycles. The van der Waals surface area contributed by atoms with Crippen LogP contribution in [0.4, 0.5) is 11.4 Å². The quantitative estimate of drug-likeness (QED) is 0.623. The van der Waals surface area contributed by atoms with Crippen LogP contribution >= 0.6 is 11.8 Å². The molecule has 0 spiro atoms. The molecule has 2 rings (SSSR count). The number of anilines is 2. The molecule has 0 heterocycles. The summed E-state index contributed by atoms with van der Waals surface area (Å²) in [6.07, 6.45) is 2.58. The van der Waals surface area contributed by atoms with Crippen LogP contribution in [0.1, 0.15) is 26.2 Å². The highest BCUT2D eigenvalue weighted by molar-refractivity contribution is 7.99. The highest BCUT2D eigenvalue weighted by Crippen LogP contribution is 2.33. The van der Waals surface area contributed by atoms with Crippen LogP contribution < -0.4 is 10.5 Å². The van der Waals surface area contributed by atoms with Gasteiger partial charge in [0.05, 0.1) is 16.6 Å². The average Bonchev–Trinajstić information content (AvgIpc) is 3.14. The normalized spacial score (nSPS) is 15.6. The van der Waals surface area contributed by atoms with Crippen molar-refractivity contribution in [1.82, 2.24) is 0 Å². The van der Waals surface area contributed by atoms with Gasteiger partial charge in [-0.3, -0.25) is 4.72 Å². The third-order valence-corrected chi connectivity index (χ3v) is 5.77. The molecule has 0 radical (unpaired) electrons. The maximum atomic E-state index is 11.9. The molecule has 1 aromatic rings. The van der Waals surface area contributed by atoms with Crippen LogP contribution in [0.25, 0.3) is 0 Å². The Labute approximate surface area is 112 Å². The van der Waals surface area contributed by atoms with Crippen molar-refractivity contribution in [1.29, 1.82) is 0 Å². The van der Waals surface area contributed by atoms with Crippen LogP contribution in [0.5, 0.6) is 0 Å². The number of hydrogen-bond donors (Lipinski definition) is 2. The lowest BCUT2D eigenvalue weighted by molar-refractivity contribution is 0.600. The summed E-state index contributed by atoms with van der Waals surface area (Å²) in [6, 6.07) is 5.49. The van der Waals surface area contributed by atoms with Crippen molar-refractivity contribution in [3.8, 4) is 0 Å². The molecule has 1 aliphatic rings. The van der Waals surface area contributed by atoms with Gasteiger partial charge in [0.15, 0.2) is 0 Å². The molecule has 0 unspecified atom stereocenters. The minimum atomic E-state index is -3.24. The van der Waals surface area contributed by atoms with Crippen molar-refractivity contribution in [2.24, 2.45) is 0 Å². The first-order chi connectivity index (χ1) is 8.53. The van der Waals surface area contributed by atoms with Gasteiger partial charge in [-0.25, -0.2) is 8.42 Å². The summed E-state index contributed by atoms with van der Waals surface area (Å²) >= 11 is 1.70. The van der Waals surface area contributed by atoms with Gasteiger partial charge in [-0.15, -0.1) is 11.8 Å². The van der Waals surface area contributed by atoms with E-state index in [2.05, 4.69) is 11.6 Å². The van der Waals surface area contributed by atoms with E-state index in [1.807, 2.05) is 12.1 Å². The second-order valence-electron chi connectivity index (χ2n) is 4.44.